The van der Waals surface area contributed by atoms with Crippen LogP contribution in [0.5, 0.6) is 0 Å². The van der Waals surface area contributed by atoms with Crippen LogP contribution in [-0.2, 0) is 10.0 Å². The Balaban J connectivity index is 1.29. The first kappa shape index (κ1) is 20.7. The van der Waals surface area contributed by atoms with Crippen LogP contribution in [0.25, 0.3) is 10.8 Å². The molecule has 2 N–H and O–H groups in total. The third kappa shape index (κ3) is 3.92. The van der Waals surface area contributed by atoms with Crippen LogP contribution in [0.3, 0.4) is 0 Å². The Morgan fingerprint density at radius 1 is 1.00 bits per heavy atom. The Labute approximate surface area is 183 Å². The van der Waals surface area contributed by atoms with Crippen LogP contribution in [0, 0.1) is 0 Å². The third-order valence-corrected chi connectivity index (χ3v) is 8.87. The molecule has 0 aliphatic carbocycles. The lowest BCUT2D eigenvalue weighted by atomic mass is 10.0. The summed E-state index contributed by atoms with van der Waals surface area (Å²) in [6.45, 7) is 0.745. The number of carbonyl (C=O) groups is 1. The van der Waals surface area contributed by atoms with Gasteiger partial charge in [-0.25, -0.2) is 13.2 Å². The van der Waals surface area contributed by atoms with Crippen LogP contribution in [0.15, 0.2) is 47.4 Å². The van der Waals surface area contributed by atoms with E-state index in [0.29, 0.717) is 30.7 Å². The van der Waals surface area contributed by atoms with E-state index in [1.807, 2.05) is 35.2 Å². The molecule has 3 fully saturated rings. The topological polar surface area (TPSA) is 90.0 Å². The molecule has 0 aromatic heterocycles. The Hall–Kier alpha value is -2.16. The molecule has 3 aliphatic rings. The Kier molecular flexibility index (Phi) is 5.40. The summed E-state index contributed by atoms with van der Waals surface area (Å²) in [6.07, 6.45) is 4.29. The van der Waals surface area contributed by atoms with Crippen molar-refractivity contribution in [2.75, 3.05) is 13.1 Å². The van der Waals surface area contributed by atoms with Crippen LogP contribution in [0.4, 0.5) is 4.79 Å². The first-order valence-electron chi connectivity index (χ1n) is 11.2. The van der Waals surface area contributed by atoms with Gasteiger partial charge >= 0.3 is 6.03 Å². The number of hydrogen-bond acceptors (Lipinski definition) is 4. The molecule has 0 radical (unpaired) electrons. The van der Waals surface area contributed by atoms with Crippen LogP contribution >= 0.6 is 0 Å². The highest BCUT2D eigenvalue weighted by Gasteiger charge is 2.43. The fourth-order valence-corrected chi connectivity index (χ4v) is 7.04. The van der Waals surface area contributed by atoms with Crippen molar-refractivity contribution in [3.05, 3.63) is 42.5 Å². The summed E-state index contributed by atoms with van der Waals surface area (Å²) in [6, 6.07) is 12.8. The van der Waals surface area contributed by atoms with Gasteiger partial charge in [0.05, 0.1) is 11.0 Å². The lowest BCUT2D eigenvalue weighted by molar-refractivity contribution is 0.0528. The van der Waals surface area contributed by atoms with Crippen molar-refractivity contribution in [1.29, 1.82) is 0 Å². The molecule has 0 saturated carbocycles. The van der Waals surface area contributed by atoms with Crippen molar-refractivity contribution in [2.45, 2.75) is 67.6 Å². The van der Waals surface area contributed by atoms with Crippen LogP contribution in [0.2, 0.25) is 0 Å². The summed E-state index contributed by atoms with van der Waals surface area (Å²) in [5, 5.41) is 15.0. The molecule has 3 atom stereocenters. The maximum absolute atomic E-state index is 13.3. The second-order valence-electron chi connectivity index (χ2n) is 9.08. The number of aliphatic hydroxyl groups excluding tert-OH is 1. The van der Waals surface area contributed by atoms with Crippen molar-refractivity contribution < 1.29 is 18.3 Å². The van der Waals surface area contributed by atoms with Gasteiger partial charge in [0.1, 0.15) is 0 Å². The van der Waals surface area contributed by atoms with E-state index in [-0.39, 0.29) is 36.8 Å². The summed E-state index contributed by atoms with van der Waals surface area (Å²) in [4.78, 5) is 15.2. The minimum absolute atomic E-state index is 0.0924. The van der Waals surface area contributed by atoms with Gasteiger partial charge in [0.25, 0.3) is 0 Å². The number of nitrogens with zero attached hydrogens (tertiary/aromatic N) is 2. The van der Waals surface area contributed by atoms with Crippen LogP contribution in [-0.4, -0.2) is 66.1 Å². The van der Waals surface area contributed by atoms with Gasteiger partial charge in [-0.3, -0.25) is 0 Å². The number of fused-ring (bicyclic) bond motifs is 3. The normalized spacial score (nSPS) is 29.3. The Morgan fingerprint density at radius 2 is 1.71 bits per heavy atom. The van der Waals surface area contributed by atoms with Gasteiger partial charge in [-0.15, -0.1) is 0 Å². The average Bonchev–Trinajstić information content (AvgIpc) is 3.05. The number of rotatable bonds is 3. The molecule has 3 unspecified atom stereocenters. The molecule has 5 rings (SSSR count). The van der Waals surface area contributed by atoms with Gasteiger partial charge in [-0.2, -0.15) is 4.31 Å². The maximum Gasteiger partial charge on any atom is 0.318 e. The fraction of sp³-hybridized carbons (Fsp3) is 0.522. The molecule has 8 heteroatoms. The molecule has 0 spiro atoms. The summed E-state index contributed by atoms with van der Waals surface area (Å²) >= 11 is 0. The van der Waals surface area contributed by atoms with E-state index < -0.39 is 10.0 Å². The summed E-state index contributed by atoms with van der Waals surface area (Å²) < 4.78 is 28.1. The predicted octanol–water partition coefficient (Wildman–Crippen LogP) is 2.69. The van der Waals surface area contributed by atoms with Crippen molar-refractivity contribution >= 4 is 26.8 Å². The number of hydrogen-bond donors (Lipinski definition) is 2. The largest absolute Gasteiger partial charge is 0.393 e. The zero-order chi connectivity index (χ0) is 21.6. The Bertz CT molecular complexity index is 1080. The van der Waals surface area contributed by atoms with E-state index >= 15 is 0 Å². The van der Waals surface area contributed by atoms with Crippen molar-refractivity contribution in [2.24, 2.45) is 0 Å². The number of urea groups is 1. The highest BCUT2D eigenvalue weighted by Crippen LogP contribution is 2.36. The molecule has 3 aliphatic heterocycles. The zero-order valence-electron chi connectivity index (χ0n) is 17.5. The van der Waals surface area contributed by atoms with Gasteiger partial charge in [0.15, 0.2) is 0 Å². The fourth-order valence-electron chi connectivity index (χ4n) is 5.48. The van der Waals surface area contributed by atoms with Crippen LogP contribution < -0.4 is 5.32 Å². The third-order valence-electron chi connectivity index (χ3n) is 7.01. The number of nitrogens with one attached hydrogen (secondary N) is 1. The quantitative estimate of drug-likeness (QED) is 0.763. The van der Waals surface area contributed by atoms with E-state index in [1.54, 1.807) is 12.1 Å². The second-order valence-corrected chi connectivity index (χ2v) is 11.0. The first-order valence-corrected chi connectivity index (χ1v) is 12.6. The minimum atomic E-state index is -3.63. The number of amides is 2. The smallest absolute Gasteiger partial charge is 0.318 e. The SMILES string of the molecule is O=C(NC1CCCN(S(=O)(=O)c2ccc3ccccc3c2)C1)N1C2CCC1CC(O)C2. The van der Waals surface area contributed by atoms with Gasteiger partial charge in [0.2, 0.25) is 10.0 Å². The standard InChI is InChI=1S/C23H29N3O4S/c27-21-13-19-8-9-20(14-21)26(19)23(28)24-18-6-3-11-25(15-18)31(29,30)22-10-7-16-4-1-2-5-17(16)12-22/h1-2,4-5,7,10,12,18-21,27H,3,6,8-9,11,13-15H2,(H,24,28). The van der Waals surface area contributed by atoms with Gasteiger partial charge in [0, 0.05) is 31.2 Å². The van der Waals surface area contributed by atoms with E-state index in [4.69, 9.17) is 0 Å². The molecular formula is C23H29N3O4S. The average molecular weight is 444 g/mol. The van der Waals surface area contributed by atoms with Gasteiger partial charge in [-0.05, 0) is 61.4 Å². The second kappa shape index (κ2) is 8.07. The number of piperidine rings is 2. The van der Waals surface area contributed by atoms with E-state index in [9.17, 15) is 18.3 Å². The van der Waals surface area contributed by atoms with Crippen LogP contribution in [0.1, 0.15) is 38.5 Å². The van der Waals surface area contributed by atoms with Crippen molar-refractivity contribution in [3.63, 3.8) is 0 Å². The number of aliphatic hydroxyl groups is 1. The highest BCUT2D eigenvalue weighted by molar-refractivity contribution is 7.89. The molecule has 31 heavy (non-hydrogen) atoms. The molecule has 166 valence electrons. The maximum atomic E-state index is 13.3. The van der Waals surface area contributed by atoms with Gasteiger partial charge < -0.3 is 15.3 Å². The zero-order valence-corrected chi connectivity index (χ0v) is 18.3. The first-order chi connectivity index (χ1) is 14.9. The van der Waals surface area contributed by atoms with Crippen molar-refractivity contribution in [3.8, 4) is 0 Å². The molecular weight excluding hydrogens is 414 g/mol. The Morgan fingerprint density at radius 3 is 2.45 bits per heavy atom. The molecule has 2 aromatic carbocycles. The highest BCUT2D eigenvalue weighted by atomic mass is 32.2. The lowest BCUT2D eigenvalue weighted by Crippen LogP contribution is -2.56. The molecule has 2 amide bonds. The van der Waals surface area contributed by atoms with E-state index in [0.717, 1.165) is 30.0 Å². The number of benzene rings is 2. The summed E-state index contributed by atoms with van der Waals surface area (Å²) in [5.74, 6) is 0. The van der Waals surface area contributed by atoms with Gasteiger partial charge in [-0.1, -0.05) is 30.3 Å². The number of carbonyl (C=O) groups excluding carboxylic acids is 1. The minimum Gasteiger partial charge on any atom is -0.393 e. The molecule has 3 heterocycles. The lowest BCUT2D eigenvalue weighted by Gasteiger charge is -2.39. The van der Waals surface area contributed by atoms with E-state index in [2.05, 4.69) is 5.32 Å². The monoisotopic (exact) mass is 443 g/mol. The number of sulfonamides is 1. The molecule has 2 aromatic rings. The summed E-state index contributed by atoms with van der Waals surface area (Å²) in [5.41, 5.74) is 0. The predicted molar refractivity (Wildman–Crippen MR) is 118 cm³/mol. The van der Waals surface area contributed by atoms with Crippen molar-refractivity contribution in [1.82, 2.24) is 14.5 Å². The molecule has 7 nitrogen and oxygen atoms in total. The molecule has 3 saturated heterocycles. The summed E-state index contributed by atoms with van der Waals surface area (Å²) in [7, 11) is -3.63. The van der Waals surface area contributed by atoms with E-state index in [1.165, 1.54) is 4.31 Å². The molecule has 2 bridgehead atoms.